The molecular formula is C20H23N3O2. The van der Waals surface area contributed by atoms with Crippen LogP contribution in [0.3, 0.4) is 0 Å². The maximum atomic E-state index is 12.7. The number of nitrogens with zero attached hydrogens (tertiary/aromatic N) is 2. The van der Waals surface area contributed by atoms with Crippen molar-refractivity contribution in [3.8, 4) is 0 Å². The summed E-state index contributed by atoms with van der Waals surface area (Å²) in [4.78, 5) is 31.2. The summed E-state index contributed by atoms with van der Waals surface area (Å²) in [7, 11) is 0. The van der Waals surface area contributed by atoms with Gasteiger partial charge in [0.15, 0.2) is 0 Å². The minimum Gasteiger partial charge on any atom is -0.339 e. The van der Waals surface area contributed by atoms with Crippen molar-refractivity contribution < 1.29 is 9.59 Å². The quantitative estimate of drug-likeness (QED) is 0.930. The van der Waals surface area contributed by atoms with Crippen molar-refractivity contribution in [2.45, 2.75) is 32.6 Å². The van der Waals surface area contributed by atoms with E-state index in [2.05, 4.69) is 10.3 Å². The average Bonchev–Trinajstić information content (AvgIpc) is 2.92. The molecule has 2 heterocycles. The van der Waals surface area contributed by atoms with E-state index < -0.39 is 0 Å². The normalized spacial score (nSPS) is 14.7. The van der Waals surface area contributed by atoms with Crippen LogP contribution in [-0.4, -0.2) is 34.8 Å². The molecule has 0 unspecified atom stereocenters. The molecule has 0 saturated carbocycles. The van der Waals surface area contributed by atoms with Gasteiger partial charge in [0.05, 0.1) is 0 Å². The molecule has 5 heteroatoms. The number of benzene rings is 1. The van der Waals surface area contributed by atoms with Gasteiger partial charge in [0.2, 0.25) is 0 Å². The molecule has 0 atom stereocenters. The molecule has 1 fully saturated rings. The van der Waals surface area contributed by atoms with Crippen LogP contribution in [0.5, 0.6) is 0 Å². The van der Waals surface area contributed by atoms with Gasteiger partial charge < -0.3 is 10.2 Å². The Morgan fingerprint density at radius 3 is 2.48 bits per heavy atom. The minimum absolute atomic E-state index is 0.0192. The first-order chi connectivity index (χ1) is 12.1. The number of anilines is 1. The van der Waals surface area contributed by atoms with E-state index in [-0.39, 0.29) is 17.5 Å². The number of para-hydroxylation sites is 1. The van der Waals surface area contributed by atoms with Crippen LogP contribution in [0.4, 0.5) is 5.69 Å². The summed E-state index contributed by atoms with van der Waals surface area (Å²) in [6, 6.07) is 10.8. The molecule has 0 radical (unpaired) electrons. The number of carbonyl (C=O) groups is 2. The van der Waals surface area contributed by atoms with E-state index in [9.17, 15) is 9.59 Å². The number of carbonyl (C=O) groups excluding carboxylic acids is 2. The standard InChI is InChI=1S/C20H23N3O2/c1-15-8-4-5-9-17(15)22-19(24)18-14-16(10-11-21-18)20(25)23-12-6-2-3-7-13-23/h4-5,8-11,14H,2-3,6-7,12-13H2,1H3,(H,22,24). The SMILES string of the molecule is Cc1ccccc1NC(=O)c1cc(C(=O)N2CCCCCC2)ccn1. The van der Waals surface area contributed by atoms with Gasteiger partial charge >= 0.3 is 0 Å². The van der Waals surface area contributed by atoms with Crippen molar-refractivity contribution in [1.82, 2.24) is 9.88 Å². The van der Waals surface area contributed by atoms with E-state index in [1.807, 2.05) is 36.1 Å². The second-order valence-electron chi connectivity index (χ2n) is 6.41. The second kappa shape index (κ2) is 7.92. The molecule has 1 aliphatic heterocycles. The Labute approximate surface area is 148 Å². The molecule has 3 rings (SSSR count). The summed E-state index contributed by atoms with van der Waals surface area (Å²) in [5.74, 6) is -0.325. The van der Waals surface area contributed by atoms with Gasteiger partial charge in [-0.25, -0.2) is 0 Å². The molecule has 1 aliphatic rings. The van der Waals surface area contributed by atoms with Crippen LogP contribution in [0, 0.1) is 6.92 Å². The van der Waals surface area contributed by atoms with Gasteiger partial charge in [-0.15, -0.1) is 0 Å². The molecule has 1 aromatic carbocycles. The van der Waals surface area contributed by atoms with Crippen LogP contribution in [0.2, 0.25) is 0 Å². The van der Waals surface area contributed by atoms with Gasteiger partial charge in [-0.1, -0.05) is 31.0 Å². The van der Waals surface area contributed by atoms with Crippen molar-refractivity contribution in [3.05, 3.63) is 59.4 Å². The lowest BCUT2D eigenvalue weighted by Gasteiger charge is -2.20. The lowest BCUT2D eigenvalue weighted by molar-refractivity contribution is 0.0761. The molecule has 1 aromatic heterocycles. The van der Waals surface area contributed by atoms with E-state index in [1.54, 1.807) is 12.1 Å². The van der Waals surface area contributed by atoms with Crippen LogP contribution in [-0.2, 0) is 0 Å². The third-order valence-electron chi connectivity index (χ3n) is 4.53. The zero-order chi connectivity index (χ0) is 17.6. The molecule has 2 aromatic rings. The summed E-state index contributed by atoms with van der Waals surface area (Å²) < 4.78 is 0. The molecular weight excluding hydrogens is 314 g/mol. The number of nitrogens with one attached hydrogen (secondary N) is 1. The molecule has 130 valence electrons. The number of rotatable bonds is 3. The first-order valence-corrected chi connectivity index (χ1v) is 8.77. The first kappa shape index (κ1) is 17.1. The second-order valence-corrected chi connectivity index (χ2v) is 6.41. The van der Waals surface area contributed by atoms with Crippen molar-refractivity contribution in [3.63, 3.8) is 0 Å². The smallest absolute Gasteiger partial charge is 0.274 e. The Bertz CT molecular complexity index is 765. The van der Waals surface area contributed by atoms with Gasteiger partial charge in [-0.3, -0.25) is 14.6 Å². The zero-order valence-electron chi connectivity index (χ0n) is 14.5. The summed E-state index contributed by atoms with van der Waals surface area (Å²) in [5.41, 5.74) is 2.50. The Balaban J connectivity index is 1.75. The fourth-order valence-corrected chi connectivity index (χ4v) is 3.04. The maximum Gasteiger partial charge on any atom is 0.274 e. The molecule has 0 aliphatic carbocycles. The number of hydrogen-bond donors (Lipinski definition) is 1. The third-order valence-corrected chi connectivity index (χ3v) is 4.53. The van der Waals surface area contributed by atoms with Crippen LogP contribution < -0.4 is 5.32 Å². The Kier molecular flexibility index (Phi) is 5.43. The Morgan fingerprint density at radius 2 is 1.76 bits per heavy atom. The predicted octanol–water partition coefficient (Wildman–Crippen LogP) is 3.66. The largest absolute Gasteiger partial charge is 0.339 e. The zero-order valence-corrected chi connectivity index (χ0v) is 14.5. The van der Waals surface area contributed by atoms with E-state index >= 15 is 0 Å². The molecule has 0 bridgehead atoms. The highest BCUT2D eigenvalue weighted by molar-refractivity contribution is 6.05. The highest BCUT2D eigenvalue weighted by atomic mass is 16.2. The summed E-state index contributed by atoms with van der Waals surface area (Å²) in [6.07, 6.45) is 5.95. The minimum atomic E-state index is -0.306. The van der Waals surface area contributed by atoms with E-state index in [0.717, 1.165) is 37.2 Å². The lowest BCUT2D eigenvalue weighted by atomic mass is 10.1. The molecule has 1 saturated heterocycles. The van der Waals surface area contributed by atoms with Gasteiger partial charge in [0.25, 0.3) is 11.8 Å². The molecule has 5 nitrogen and oxygen atoms in total. The molecule has 2 amide bonds. The fourth-order valence-electron chi connectivity index (χ4n) is 3.04. The number of pyridine rings is 1. The summed E-state index contributed by atoms with van der Waals surface area (Å²) >= 11 is 0. The van der Waals surface area contributed by atoms with E-state index in [1.165, 1.54) is 19.0 Å². The molecule has 1 N–H and O–H groups in total. The van der Waals surface area contributed by atoms with Gasteiger partial charge in [0, 0.05) is 30.5 Å². The number of aromatic nitrogens is 1. The maximum absolute atomic E-state index is 12.7. The van der Waals surface area contributed by atoms with E-state index in [0.29, 0.717) is 5.56 Å². The number of hydrogen-bond acceptors (Lipinski definition) is 3. The highest BCUT2D eigenvalue weighted by Gasteiger charge is 2.19. The molecule has 25 heavy (non-hydrogen) atoms. The fraction of sp³-hybridized carbons (Fsp3) is 0.350. The number of amides is 2. The number of aryl methyl sites for hydroxylation is 1. The predicted molar refractivity (Wildman–Crippen MR) is 97.7 cm³/mol. The first-order valence-electron chi connectivity index (χ1n) is 8.77. The van der Waals surface area contributed by atoms with Crippen LogP contribution in [0.1, 0.15) is 52.1 Å². The highest BCUT2D eigenvalue weighted by Crippen LogP contribution is 2.16. The van der Waals surface area contributed by atoms with Crippen molar-refractivity contribution in [2.75, 3.05) is 18.4 Å². The van der Waals surface area contributed by atoms with Crippen LogP contribution in [0.15, 0.2) is 42.6 Å². The lowest BCUT2D eigenvalue weighted by Crippen LogP contribution is -2.32. The Morgan fingerprint density at radius 1 is 1.04 bits per heavy atom. The van der Waals surface area contributed by atoms with E-state index in [4.69, 9.17) is 0 Å². The third kappa shape index (κ3) is 4.24. The monoisotopic (exact) mass is 337 g/mol. The number of likely N-dealkylation sites (tertiary alicyclic amines) is 1. The van der Waals surface area contributed by atoms with Crippen LogP contribution >= 0.6 is 0 Å². The van der Waals surface area contributed by atoms with Gasteiger partial charge in [0.1, 0.15) is 5.69 Å². The Hall–Kier alpha value is -2.69. The van der Waals surface area contributed by atoms with Crippen molar-refractivity contribution >= 4 is 17.5 Å². The average molecular weight is 337 g/mol. The van der Waals surface area contributed by atoms with Crippen molar-refractivity contribution in [2.24, 2.45) is 0 Å². The van der Waals surface area contributed by atoms with Gasteiger partial charge in [-0.05, 0) is 43.5 Å². The van der Waals surface area contributed by atoms with Crippen LogP contribution in [0.25, 0.3) is 0 Å². The topological polar surface area (TPSA) is 62.3 Å². The van der Waals surface area contributed by atoms with Gasteiger partial charge in [-0.2, -0.15) is 0 Å². The summed E-state index contributed by atoms with van der Waals surface area (Å²) in [6.45, 7) is 3.50. The molecule has 0 spiro atoms. The summed E-state index contributed by atoms with van der Waals surface area (Å²) in [5, 5.41) is 2.86. The van der Waals surface area contributed by atoms with Crippen molar-refractivity contribution in [1.29, 1.82) is 0 Å².